The number of hydrogen-bond acceptors (Lipinski definition) is 6. The first-order chi connectivity index (χ1) is 18.3. The van der Waals surface area contributed by atoms with Crippen LogP contribution in [-0.2, 0) is 10.0 Å². The predicted molar refractivity (Wildman–Crippen MR) is 152 cm³/mol. The Balaban J connectivity index is 1.69. The van der Waals surface area contributed by atoms with Gasteiger partial charge in [0, 0.05) is 52.9 Å². The highest BCUT2D eigenvalue weighted by Gasteiger charge is 2.33. The Kier molecular flexibility index (Phi) is 8.04. The summed E-state index contributed by atoms with van der Waals surface area (Å²) in [6.45, 7) is 5.76. The van der Waals surface area contributed by atoms with E-state index in [2.05, 4.69) is 16.9 Å². The number of carbonyl (C=O) groups is 1. The first-order valence-corrected chi connectivity index (χ1v) is 14.1. The lowest BCUT2D eigenvalue weighted by Crippen LogP contribution is -2.46. The summed E-state index contributed by atoms with van der Waals surface area (Å²) < 4.78 is 38.5. The van der Waals surface area contributed by atoms with Crippen molar-refractivity contribution in [2.24, 2.45) is 15.9 Å². The minimum absolute atomic E-state index is 0.00508. The standard InChI is InChI=1S/C27H26Cl2FN5O3S/c1-14-4-5-16(13-34-14)22-11-19(30)12-23(24(22)29)27(36)35-7-6-21(25(31)15(35)2)26(33-3)17-8-18(28)10-20(9-17)39(32,37)38/h4-5,8-13,15,34H,1,6-7,31H2,2-3H3,(H2,32,37,38). The molecule has 2 aliphatic heterocycles. The fourth-order valence-corrected chi connectivity index (χ4v) is 5.74. The van der Waals surface area contributed by atoms with Gasteiger partial charge < -0.3 is 16.0 Å². The third-order valence-corrected chi connectivity index (χ3v) is 8.09. The van der Waals surface area contributed by atoms with Gasteiger partial charge in [-0.3, -0.25) is 9.79 Å². The normalized spacial score (nSPS) is 18.3. The van der Waals surface area contributed by atoms with Crippen molar-refractivity contribution in [1.82, 2.24) is 10.2 Å². The van der Waals surface area contributed by atoms with Gasteiger partial charge in [-0.2, -0.15) is 0 Å². The molecule has 204 valence electrons. The lowest BCUT2D eigenvalue weighted by atomic mass is 9.91. The maximum atomic E-state index is 14.7. The van der Waals surface area contributed by atoms with Gasteiger partial charge in [-0.1, -0.05) is 35.9 Å². The van der Waals surface area contributed by atoms with Gasteiger partial charge in [-0.05, 0) is 55.3 Å². The number of nitrogens with two attached hydrogens (primary N) is 2. The Bertz CT molecular complexity index is 1630. The zero-order valence-electron chi connectivity index (χ0n) is 21.1. The number of hydrogen-bond donors (Lipinski definition) is 3. The van der Waals surface area contributed by atoms with E-state index in [0.717, 1.165) is 6.07 Å². The van der Waals surface area contributed by atoms with Gasteiger partial charge in [-0.15, -0.1) is 0 Å². The summed E-state index contributed by atoms with van der Waals surface area (Å²) in [4.78, 5) is 19.3. The summed E-state index contributed by atoms with van der Waals surface area (Å²) >= 11 is 12.8. The van der Waals surface area contributed by atoms with Crippen LogP contribution in [0.2, 0.25) is 10.0 Å². The number of benzene rings is 2. The van der Waals surface area contributed by atoms with E-state index in [9.17, 15) is 17.6 Å². The van der Waals surface area contributed by atoms with E-state index in [1.54, 1.807) is 38.4 Å². The highest BCUT2D eigenvalue weighted by atomic mass is 35.5. The monoisotopic (exact) mass is 589 g/mol. The molecule has 1 amide bonds. The largest absolute Gasteiger partial charge is 0.400 e. The van der Waals surface area contributed by atoms with Gasteiger partial charge in [0.1, 0.15) is 5.82 Å². The molecule has 0 saturated carbocycles. The molecule has 39 heavy (non-hydrogen) atoms. The molecule has 0 saturated heterocycles. The summed E-state index contributed by atoms with van der Waals surface area (Å²) in [5.41, 5.74) is 9.97. The fraction of sp³-hybridized carbons (Fsp3) is 0.185. The third kappa shape index (κ3) is 5.79. The Labute approximate surface area is 236 Å². The van der Waals surface area contributed by atoms with E-state index < -0.39 is 27.8 Å². The Morgan fingerprint density at radius 2 is 1.92 bits per heavy atom. The number of primary sulfonamides is 1. The van der Waals surface area contributed by atoms with Gasteiger partial charge in [-0.25, -0.2) is 17.9 Å². The molecule has 2 aromatic carbocycles. The van der Waals surface area contributed by atoms with E-state index in [0.29, 0.717) is 45.8 Å². The van der Waals surface area contributed by atoms with Crippen LogP contribution >= 0.6 is 23.2 Å². The predicted octanol–water partition coefficient (Wildman–Crippen LogP) is 4.36. The van der Waals surface area contributed by atoms with Gasteiger partial charge in [0.2, 0.25) is 10.0 Å². The average Bonchev–Trinajstić information content (AvgIpc) is 2.87. The second kappa shape index (κ2) is 11.0. The zero-order valence-corrected chi connectivity index (χ0v) is 23.5. The van der Waals surface area contributed by atoms with Crippen molar-refractivity contribution in [1.29, 1.82) is 0 Å². The van der Waals surface area contributed by atoms with Crippen molar-refractivity contribution in [3.63, 3.8) is 0 Å². The average molecular weight is 591 g/mol. The van der Waals surface area contributed by atoms with Crippen LogP contribution in [0.3, 0.4) is 0 Å². The highest BCUT2D eigenvalue weighted by molar-refractivity contribution is 7.89. The van der Waals surface area contributed by atoms with Gasteiger partial charge in [0.15, 0.2) is 0 Å². The number of dihydropyridines is 1. The third-order valence-electron chi connectivity index (χ3n) is 6.57. The van der Waals surface area contributed by atoms with Crippen molar-refractivity contribution < 1.29 is 17.6 Å². The molecule has 2 heterocycles. The van der Waals surface area contributed by atoms with Crippen molar-refractivity contribution in [3.8, 4) is 0 Å². The molecule has 2 aromatic rings. The van der Waals surface area contributed by atoms with Gasteiger partial charge >= 0.3 is 0 Å². The molecule has 2 aliphatic rings. The summed E-state index contributed by atoms with van der Waals surface area (Å²) in [7, 11) is -2.47. The Morgan fingerprint density at radius 1 is 1.21 bits per heavy atom. The van der Waals surface area contributed by atoms with Gasteiger partial charge in [0.25, 0.3) is 5.91 Å². The van der Waals surface area contributed by atoms with E-state index in [1.165, 1.54) is 23.1 Å². The summed E-state index contributed by atoms with van der Waals surface area (Å²) in [5, 5.41) is 8.52. The van der Waals surface area contributed by atoms with Crippen molar-refractivity contribution in [3.05, 3.63) is 105 Å². The molecule has 4 rings (SSSR count). The SMILES string of the molecule is C=C1C=CC(c2cc(F)cc(C(=O)N3CCC(C(=NC)c4cc(Cl)cc(S(N)(=O)=O)c4)=C(N)C3C)c2Cl)=CN1. The number of carbonyl (C=O) groups excluding carboxylic acids is 1. The summed E-state index contributed by atoms with van der Waals surface area (Å²) in [6.07, 6.45) is 5.38. The minimum Gasteiger partial charge on any atom is -0.400 e. The van der Waals surface area contributed by atoms with Gasteiger partial charge in [0.05, 0.1) is 27.2 Å². The molecule has 0 spiro atoms. The molecule has 0 radical (unpaired) electrons. The number of halogens is 3. The van der Waals surface area contributed by atoms with Crippen molar-refractivity contribution in [2.45, 2.75) is 24.3 Å². The van der Waals surface area contributed by atoms with Crippen LogP contribution in [0.5, 0.6) is 0 Å². The molecule has 1 unspecified atom stereocenters. The van der Waals surface area contributed by atoms with E-state index >= 15 is 0 Å². The Hall–Kier alpha value is -3.44. The van der Waals surface area contributed by atoms with Crippen LogP contribution in [0, 0.1) is 5.82 Å². The second-order valence-corrected chi connectivity index (χ2v) is 11.4. The van der Waals surface area contributed by atoms with Crippen LogP contribution in [0.25, 0.3) is 5.57 Å². The number of allylic oxidation sites excluding steroid dienone is 3. The number of rotatable bonds is 5. The topological polar surface area (TPSA) is 131 Å². The number of nitrogens with one attached hydrogen (secondary N) is 1. The van der Waals surface area contributed by atoms with Crippen molar-refractivity contribution in [2.75, 3.05) is 13.6 Å². The molecule has 0 fully saturated rings. The Morgan fingerprint density at radius 3 is 2.54 bits per heavy atom. The second-order valence-electron chi connectivity index (χ2n) is 9.07. The van der Waals surface area contributed by atoms with Crippen LogP contribution in [-0.4, -0.2) is 44.6 Å². The van der Waals surface area contributed by atoms with E-state index in [1.807, 2.05) is 0 Å². The molecule has 8 nitrogen and oxygen atoms in total. The smallest absolute Gasteiger partial charge is 0.256 e. The molecule has 0 aliphatic carbocycles. The molecule has 0 bridgehead atoms. The van der Waals surface area contributed by atoms with Crippen LogP contribution in [0.1, 0.15) is 34.8 Å². The van der Waals surface area contributed by atoms with Crippen LogP contribution in [0.15, 0.2) is 82.1 Å². The zero-order chi connectivity index (χ0) is 28.6. The lowest BCUT2D eigenvalue weighted by Gasteiger charge is -2.36. The maximum Gasteiger partial charge on any atom is 0.256 e. The first kappa shape index (κ1) is 28.6. The van der Waals surface area contributed by atoms with E-state index in [4.69, 9.17) is 34.1 Å². The minimum atomic E-state index is -4.02. The molecule has 12 heteroatoms. The molecule has 0 aromatic heterocycles. The van der Waals surface area contributed by atoms with Crippen molar-refractivity contribution >= 4 is 50.4 Å². The number of nitrogens with zero attached hydrogens (tertiary/aromatic N) is 2. The molecular formula is C27H26Cl2FN5O3S. The molecule has 1 atom stereocenters. The van der Waals surface area contributed by atoms with Crippen LogP contribution < -0.4 is 16.2 Å². The molecular weight excluding hydrogens is 564 g/mol. The van der Waals surface area contributed by atoms with Crippen LogP contribution in [0.4, 0.5) is 4.39 Å². The quantitative estimate of drug-likeness (QED) is 0.446. The molecule has 5 N–H and O–H groups in total. The number of amides is 1. The highest BCUT2D eigenvalue weighted by Crippen LogP contribution is 2.34. The van der Waals surface area contributed by atoms with E-state index in [-0.39, 0.29) is 27.0 Å². The lowest BCUT2D eigenvalue weighted by molar-refractivity contribution is 0.0706. The fourth-order valence-electron chi connectivity index (χ4n) is 4.56. The summed E-state index contributed by atoms with van der Waals surface area (Å²) in [5.74, 6) is -1.10. The summed E-state index contributed by atoms with van der Waals surface area (Å²) in [6, 6.07) is 5.96. The maximum absolute atomic E-state index is 14.7. The first-order valence-electron chi connectivity index (χ1n) is 11.7. The number of aliphatic imine (C=N–C) groups is 1. The number of sulfonamides is 1.